The predicted molar refractivity (Wildman–Crippen MR) is 115 cm³/mol. The first kappa shape index (κ1) is 20.2. The lowest BCUT2D eigenvalue weighted by Gasteiger charge is -2.23. The van der Waals surface area contributed by atoms with Crippen molar-refractivity contribution in [3.63, 3.8) is 0 Å². The van der Waals surface area contributed by atoms with Crippen LogP contribution in [0.1, 0.15) is 45.3 Å². The minimum Gasteiger partial charge on any atom is -0.294 e. The summed E-state index contributed by atoms with van der Waals surface area (Å²) in [6, 6.07) is 11.8. The van der Waals surface area contributed by atoms with Crippen LogP contribution in [-0.2, 0) is 11.2 Å². The molecule has 0 fully saturated rings. The van der Waals surface area contributed by atoms with E-state index in [4.69, 9.17) is 0 Å². The number of thioether (sulfide) groups is 1. The van der Waals surface area contributed by atoms with Gasteiger partial charge in [-0.3, -0.25) is 14.9 Å². The number of carbonyl (C=O) groups is 2. The molecule has 7 nitrogen and oxygen atoms in total. The first-order valence-electron chi connectivity index (χ1n) is 9.67. The van der Waals surface area contributed by atoms with Crippen molar-refractivity contribution in [3.05, 3.63) is 70.8 Å². The number of hydrogen-bond acceptors (Lipinski definition) is 7. The van der Waals surface area contributed by atoms with Gasteiger partial charge in [0, 0.05) is 24.0 Å². The summed E-state index contributed by atoms with van der Waals surface area (Å²) in [6.45, 7) is 3.79. The molecule has 152 valence electrons. The van der Waals surface area contributed by atoms with E-state index in [-0.39, 0.29) is 29.3 Å². The van der Waals surface area contributed by atoms with Crippen LogP contribution >= 0.6 is 11.8 Å². The van der Waals surface area contributed by atoms with Crippen molar-refractivity contribution in [1.29, 1.82) is 0 Å². The second-order valence-electron chi connectivity index (χ2n) is 7.26. The van der Waals surface area contributed by atoms with Crippen molar-refractivity contribution < 1.29 is 9.59 Å². The van der Waals surface area contributed by atoms with Crippen LogP contribution in [0.4, 0.5) is 5.95 Å². The minimum atomic E-state index is -0.246. The lowest BCUT2D eigenvalue weighted by atomic mass is 9.82. The molecule has 1 aromatic carbocycles. The monoisotopic (exact) mass is 419 g/mol. The summed E-state index contributed by atoms with van der Waals surface area (Å²) < 4.78 is 0. The number of carbonyl (C=O) groups excluding carboxylic acids is 2. The molecule has 0 unspecified atom stereocenters. The third kappa shape index (κ3) is 4.71. The van der Waals surface area contributed by atoms with E-state index in [1.807, 2.05) is 50.2 Å². The average molecular weight is 420 g/mol. The lowest BCUT2D eigenvalue weighted by molar-refractivity contribution is -0.113. The van der Waals surface area contributed by atoms with E-state index in [1.54, 1.807) is 0 Å². The molecule has 0 saturated heterocycles. The maximum atomic E-state index is 12.5. The molecule has 1 amide bonds. The second-order valence-corrected chi connectivity index (χ2v) is 8.21. The Bertz CT molecular complexity index is 1080. The van der Waals surface area contributed by atoms with Crippen molar-refractivity contribution >= 4 is 29.4 Å². The molecular formula is C22H21N5O2S. The third-order valence-corrected chi connectivity index (χ3v) is 5.70. The number of aromatic nitrogens is 4. The first-order chi connectivity index (χ1) is 14.5. The van der Waals surface area contributed by atoms with Crippen LogP contribution < -0.4 is 5.32 Å². The number of nitrogens with zero attached hydrogens (tertiary/aromatic N) is 4. The molecule has 0 spiro atoms. The molecule has 1 N–H and O–H groups in total. The first-order valence-corrected chi connectivity index (χ1v) is 10.7. The Labute approximate surface area is 178 Å². The third-order valence-electron chi connectivity index (χ3n) is 4.86. The van der Waals surface area contributed by atoms with Gasteiger partial charge < -0.3 is 0 Å². The van der Waals surface area contributed by atoms with Crippen molar-refractivity contribution in [2.75, 3.05) is 11.1 Å². The van der Waals surface area contributed by atoms with Gasteiger partial charge >= 0.3 is 0 Å². The smallest absolute Gasteiger partial charge is 0.237 e. The highest BCUT2D eigenvalue weighted by atomic mass is 32.2. The fourth-order valence-corrected chi connectivity index (χ4v) is 4.26. The van der Waals surface area contributed by atoms with Crippen molar-refractivity contribution in [2.45, 2.75) is 37.8 Å². The molecule has 2 heterocycles. The van der Waals surface area contributed by atoms with Gasteiger partial charge in [0.15, 0.2) is 10.9 Å². The Balaban J connectivity index is 1.43. The fraction of sp³-hybridized carbons (Fsp3) is 0.273. The molecule has 4 rings (SSSR count). The largest absolute Gasteiger partial charge is 0.294 e. The van der Waals surface area contributed by atoms with Crippen LogP contribution in [0.15, 0.2) is 47.8 Å². The number of aryl methyl sites for hydroxylation is 2. The van der Waals surface area contributed by atoms with Crippen molar-refractivity contribution in [3.8, 4) is 0 Å². The Hall–Kier alpha value is -3.13. The SMILES string of the molecule is Cc1cc(C)nc(SCC(=O)Nc2ncc3c(n2)C[C@H](c2ccccc2)CC3=O)n1. The molecule has 3 aromatic rings. The predicted octanol–water partition coefficient (Wildman–Crippen LogP) is 3.53. The van der Waals surface area contributed by atoms with E-state index < -0.39 is 0 Å². The van der Waals surface area contributed by atoms with E-state index in [1.165, 1.54) is 18.0 Å². The number of hydrogen-bond donors (Lipinski definition) is 1. The molecule has 1 aliphatic carbocycles. The number of nitrogens with one attached hydrogen (secondary N) is 1. The summed E-state index contributed by atoms with van der Waals surface area (Å²) in [6.07, 6.45) is 2.60. The maximum absolute atomic E-state index is 12.5. The van der Waals surface area contributed by atoms with E-state index in [9.17, 15) is 9.59 Å². The number of amides is 1. The number of fused-ring (bicyclic) bond motifs is 1. The van der Waals surface area contributed by atoms with Gasteiger partial charge in [0.1, 0.15) is 0 Å². The molecule has 30 heavy (non-hydrogen) atoms. The topological polar surface area (TPSA) is 97.7 Å². The van der Waals surface area contributed by atoms with Crippen LogP contribution in [0.2, 0.25) is 0 Å². The number of anilines is 1. The maximum Gasteiger partial charge on any atom is 0.237 e. The van der Waals surface area contributed by atoms with E-state index >= 15 is 0 Å². The Morgan fingerprint density at radius 3 is 2.57 bits per heavy atom. The normalized spacial score (nSPS) is 15.5. The summed E-state index contributed by atoms with van der Waals surface area (Å²) in [5.74, 6) is 0.230. The lowest BCUT2D eigenvalue weighted by Crippen LogP contribution is -2.23. The van der Waals surface area contributed by atoms with E-state index in [0.717, 1.165) is 17.0 Å². The number of ketones is 1. The molecule has 2 aromatic heterocycles. The second kappa shape index (κ2) is 8.71. The summed E-state index contributed by atoms with van der Waals surface area (Å²) in [7, 11) is 0. The molecule has 0 aliphatic heterocycles. The summed E-state index contributed by atoms with van der Waals surface area (Å²) >= 11 is 1.26. The van der Waals surface area contributed by atoms with Gasteiger partial charge in [-0.1, -0.05) is 42.1 Å². The van der Waals surface area contributed by atoms with Crippen LogP contribution in [0.25, 0.3) is 0 Å². The summed E-state index contributed by atoms with van der Waals surface area (Å²) in [5, 5.41) is 3.27. The fourth-order valence-electron chi connectivity index (χ4n) is 3.52. The molecule has 0 bridgehead atoms. The molecule has 1 aliphatic rings. The van der Waals surface area contributed by atoms with Crippen LogP contribution in [-0.4, -0.2) is 37.4 Å². The van der Waals surface area contributed by atoms with Gasteiger partial charge in [0.25, 0.3) is 0 Å². The zero-order valence-corrected chi connectivity index (χ0v) is 17.6. The molecule has 8 heteroatoms. The van der Waals surface area contributed by atoms with Crippen LogP contribution in [0.5, 0.6) is 0 Å². The van der Waals surface area contributed by atoms with Gasteiger partial charge in [-0.2, -0.15) is 0 Å². The highest BCUT2D eigenvalue weighted by molar-refractivity contribution is 7.99. The van der Waals surface area contributed by atoms with Gasteiger partial charge in [0.2, 0.25) is 11.9 Å². The van der Waals surface area contributed by atoms with Crippen LogP contribution in [0.3, 0.4) is 0 Å². The van der Waals surface area contributed by atoms with Gasteiger partial charge in [0.05, 0.1) is 17.0 Å². The van der Waals surface area contributed by atoms with Crippen molar-refractivity contribution in [1.82, 2.24) is 19.9 Å². The summed E-state index contributed by atoms with van der Waals surface area (Å²) in [5.41, 5.74) is 4.06. The van der Waals surface area contributed by atoms with E-state index in [0.29, 0.717) is 29.3 Å². The minimum absolute atomic E-state index is 0.0329. The van der Waals surface area contributed by atoms with Gasteiger partial charge in [-0.25, -0.2) is 19.9 Å². The van der Waals surface area contributed by atoms with Gasteiger partial charge in [-0.15, -0.1) is 0 Å². The number of Topliss-reactive ketones (excluding diaryl/α,β-unsaturated/α-hetero) is 1. The van der Waals surface area contributed by atoms with Crippen molar-refractivity contribution in [2.24, 2.45) is 0 Å². The summed E-state index contributed by atoms with van der Waals surface area (Å²) in [4.78, 5) is 42.1. The highest BCUT2D eigenvalue weighted by Crippen LogP contribution is 2.31. The quantitative estimate of drug-likeness (QED) is 0.499. The van der Waals surface area contributed by atoms with E-state index in [2.05, 4.69) is 25.3 Å². The average Bonchev–Trinajstić information content (AvgIpc) is 2.72. The van der Waals surface area contributed by atoms with Crippen LogP contribution in [0, 0.1) is 13.8 Å². The van der Waals surface area contributed by atoms with Gasteiger partial charge in [-0.05, 0) is 37.8 Å². The zero-order chi connectivity index (χ0) is 21.1. The number of benzene rings is 1. The molecule has 1 atom stereocenters. The Morgan fingerprint density at radius 1 is 1.10 bits per heavy atom. The zero-order valence-electron chi connectivity index (χ0n) is 16.8. The highest BCUT2D eigenvalue weighted by Gasteiger charge is 2.28. The Morgan fingerprint density at radius 2 is 1.83 bits per heavy atom. The molecule has 0 radical (unpaired) electrons. The standard InChI is InChI=1S/C22H21N5O2S/c1-13-8-14(2)25-22(24-13)30-12-20(29)27-21-23-11-17-18(26-21)9-16(10-19(17)28)15-6-4-3-5-7-15/h3-8,11,16H,9-10,12H2,1-2H3,(H,23,26,27,29)/t16-/m0/s1. The molecule has 0 saturated carbocycles. The number of rotatable bonds is 5. The molecular weight excluding hydrogens is 398 g/mol. The Kier molecular flexibility index (Phi) is 5.85.